The Hall–Kier alpha value is -3.47. The maximum atomic E-state index is 4.87. The Balaban J connectivity index is 0.00000155. The van der Waals surface area contributed by atoms with Crippen LogP contribution in [0.15, 0.2) is 61.2 Å². The van der Waals surface area contributed by atoms with E-state index in [1.54, 1.807) is 6.08 Å². The van der Waals surface area contributed by atoms with Crippen LogP contribution in [0.1, 0.15) is 51.2 Å². The van der Waals surface area contributed by atoms with Crippen LogP contribution in [0.25, 0.3) is 34.2 Å². The largest absolute Gasteiger partial charge is 0.340 e. The summed E-state index contributed by atoms with van der Waals surface area (Å²) in [6.07, 6.45) is 12.5. The van der Waals surface area contributed by atoms with Crippen molar-refractivity contribution < 1.29 is 0 Å². The van der Waals surface area contributed by atoms with E-state index in [4.69, 9.17) is 4.98 Å². The molecule has 0 spiro atoms. The number of nitrogens with one attached hydrogen (secondary N) is 2. The molecule has 156 valence electrons. The highest BCUT2D eigenvalue weighted by molar-refractivity contribution is 5.89. The molecule has 30 heavy (non-hydrogen) atoms. The van der Waals surface area contributed by atoms with Gasteiger partial charge in [0.05, 0.1) is 16.9 Å². The molecule has 0 fully saturated rings. The summed E-state index contributed by atoms with van der Waals surface area (Å²) in [5.74, 6) is 0.690. The summed E-state index contributed by atoms with van der Waals surface area (Å²) in [7, 11) is 0. The van der Waals surface area contributed by atoms with Gasteiger partial charge in [-0.05, 0) is 55.7 Å². The number of imidazole rings is 1. The normalized spacial score (nSPS) is 12.2. The Morgan fingerprint density at radius 1 is 1.17 bits per heavy atom. The highest BCUT2D eigenvalue weighted by atomic mass is 15.1. The molecule has 0 aliphatic heterocycles. The molecule has 0 radical (unpaired) electrons. The summed E-state index contributed by atoms with van der Waals surface area (Å²) >= 11 is 0. The monoisotopic (exact) mass is 401 g/mol. The predicted molar refractivity (Wildman–Crippen MR) is 129 cm³/mol. The molecule has 3 aromatic heterocycles. The quantitative estimate of drug-likeness (QED) is 0.427. The second kappa shape index (κ2) is 10.9. The van der Waals surface area contributed by atoms with E-state index >= 15 is 0 Å². The number of pyridine rings is 1. The summed E-state index contributed by atoms with van der Waals surface area (Å²) < 4.78 is 0. The van der Waals surface area contributed by atoms with Crippen molar-refractivity contribution >= 4 is 22.7 Å². The number of hydrogen-bond acceptors (Lipinski definition) is 3. The number of aryl methyl sites for hydroxylation is 1. The topological polar surface area (TPSA) is 70.2 Å². The van der Waals surface area contributed by atoms with Crippen LogP contribution < -0.4 is 0 Å². The van der Waals surface area contributed by atoms with Gasteiger partial charge in [0, 0.05) is 5.69 Å². The van der Waals surface area contributed by atoms with Crippen LogP contribution in [0.5, 0.6) is 0 Å². The van der Waals surface area contributed by atoms with Crippen LogP contribution in [-0.4, -0.2) is 25.1 Å². The molecule has 0 saturated heterocycles. The molecule has 0 unspecified atom stereocenters. The maximum Gasteiger partial charge on any atom is 0.161 e. The van der Waals surface area contributed by atoms with Crippen LogP contribution in [-0.2, 0) is 0 Å². The van der Waals surface area contributed by atoms with Gasteiger partial charge >= 0.3 is 0 Å². The molecule has 3 rings (SSSR count). The highest BCUT2D eigenvalue weighted by Gasteiger charge is 2.15. The molecule has 0 bridgehead atoms. The summed E-state index contributed by atoms with van der Waals surface area (Å²) in [5, 5.41) is 7.49. The van der Waals surface area contributed by atoms with Crippen molar-refractivity contribution in [1.29, 1.82) is 0 Å². The summed E-state index contributed by atoms with van der Waals surface area (Å²) in [6, 6.07) is 4.00. The molecule has 0 atom stereocenters. The molecule has 0 aromatic carbocycles. The molecule has 5 heteroatoms. The fraction of sp³-hybridized carbons (Fsp3) is 0.240. The molecule has 3 aromatic rings. The third-order valence-corrected chi connectivity index (χ3v) is 4.56. The van der Waals surface area contributed by atoms with Crippen molar-refractivity contribution in [1.82, 2.24) is 25.1 Å². The lowest BCUT2D eigenvalue weighted by Crippen LogP contribution is -1.90. The van der Waals surface area contributed by atoms with Crippen LogP contribution in [0.4, 0.5) is 0 Å². The Morgan fingerprint density at radius 3 is 2.57 bits per heavy atom. The first-order chi connectivity index (χ1) is 14.6. The van der Waals surface area contributed by atoms with Crippen molar-refractivity contribution in [2.75, 3.05) is 0 Å². The summed E-state index contributed by atoms with van der Waals surface area (Å²) in [6.45, 7) is 17.7. The lowest BCUT2D eigenvalue weighted by atomic mass is 10.1. The molecule has 5 nitrogen and oxygen atoms in total. The zero-order valence-corrected chi connectivity index (χ0v) is 18.6. The molecule has 3 heterocycles. The van der Waals surface area contributed by atoms with Crippen LogP contribution in [0.2, 0.25) is 0 Å². The SMILES string of the molecule is C=C/C=C\c1nc(-c2n[nH]c3ccc(C(/C=C(\C=C)CC)=C/C)nc23)[nH]c1C.CC. The first kappa shape index (κ1) is 22.8. The second-order valence-electron chi connectivity index (χ2n) is 6.38. The molecule has 0 aliphatic carbocycles. The molecular formula is C25H31N5. The van der Waals surface area contributed by atoms with E-state index in [1.807, 2.05) is 58.1 Å². The van der Waals surface area contributed by atoms with Crippen LogP contribution in [0.3, 0.4) is 0 Å². The van der Waals surface area contributed by atoms with Gasteiger partial charge in [0.1, 0.15) is 5.52 Å². The maximum absolute atomic E-state index is 4.87. The van der Waals surface area contributed by atoms with Gasteiger partial charge in [0.2, 0.25) is 0 Å². The lowest BCUT2D eigenvalue weighted by Gasteiger charge is -2.04. The summed E-state index contributed by atoms with van der Waals surface area (Å²) in [4.78, 5) is 12.8. The Morgan fingerprint density at radius 2 is 1.93 bits per heavy atom. The number of aromatic amines is 2. The van der Waals surface area contributed by atoms with E-state index in [0.717, 1.165) is 40.1 Å². The van der Waals surface area contributed by atoms with Gasteiger partial charge in [-0.15, -0.1) is 0 Å². The molecule has 2 N–H and O–H groups in total. The molecular weight excluding hydrogens is 370 g/mol. The van der Waals surface area contributed by atoms with Crippen molar-refractivity contribution in [3.05, 3.63) is 78.3 Å². The minimum Gasteiger partial charge on any atom is -0.340 e. The first-order valence-electron chi connectivity index (χ1n) is 10.3. The minimum absolute atomic E-state index is 0.690. The zero-order valence-electron chi connectivity index (χ0n) is 18.6. The number of H-pyrrole nitrogens is 2. The van der Waals surface area contributed by atoms with E-state index in [9.17, 15) is 0 Å². The first-order valence-corrected chi connectivity index (χ1v) is 10.3. The van der Waals surface area contributed by atoms with Crippen LogP contribution in [0, 0.1) is 6.92 Å². The number of hydrogen-bond donors (Lipinski definition) is 2. The van der Waals surface area contributed by atoms with E-state index in [2.05, 4.69) is 52.4 Å². The average molecular weight is 402 g/mol. The van der Waals surface area contributed by atoms with E-state index in [0.29, 0.717) is 11.5 Å². The highest BCUT2D eigenvalue weighted by Crippen LogP contribution is 2.26. The van der Waals surface area contributed by atoms with Gasteiger partial charge in [-0.3, -0.25) is 5.10 Å². The standard InChI is InChI=1S/C23H25N5.C2H6/c1-6-10-11-18-15(5)24-23(26-18)22-21-20(27-28-22)13-12-19(25-21)17(9-4)14-16(7-2)8-3;1-2/h6-7,9-14H,1-2,8H2,3-5H3,(H,24,26)(H,27,28);1-2H3/b11-10-,16-14+,17-9+;. The fourth-order valence-corrected chi connectivity index (χ4v) is 2.94. The Kier molecular flexibility index (Phi) is 8.29. The van der Waals surface area contributed by atoms with E-state index < -0.39 is 0 Å². The van der Waals surface area contributed by atoms with Gasteiger partial charge in [-0.2, -0.15) is 5.10 Å². The number of fused-ring (bicyclic) bond motifs is 1. The Bertz CT molecular complexity index is 1110. The van der Waals surface area contributed by atoms with Crippen molar-refractivity contribution in [2.24, 2.45) is 0 Å². The van der Waals surface area contributed by atoms with E-state index in [-0.39, 0.29) is 0 Å². The Labute approximate surface area is 179 Å². The smallest absolute Gasteiger partial charge is 0.161 e. The molecule has 0 amide bonds. The number of allylic oxidation sites excluding steroid dienone is 7. The predicted octanol–water partition coefficient (Wildman–Crippen LogP) is 6.81. The lowest BCUT2D eigenvalue weighted by molar-refractivity contribution is 1.10. The van der Waals surface area contributed by atoms with Crippen molar-refractivity contribution in [3.8, 4) is 11.5 Å². The van der Waals surface area contributed by atoms with E-state index in [1.165, 1.54) is 5.57 Å². The minimum atomic E-state index is 0.690. The van der Waals surface area contributed by atoms with Gasteiger partial charge in [-0.1, -0.05) is 58.2 Å². The average Bonchev–Trinajstić information content (AvgIpc) is 3.37. The van der Waals surface area contributed by atoms with Gasteiger partial charge in [0.15, 0.2) is 11.5 Å². The van der Waals surface area contributed by atoms with Gasteiger partial charge in [-0.25, -0.2) is 9.97 Å². The van der Waals surface area contributed by atoms with Gasteiger partial charge in [0.25, 0.3) is 0 Å². The third-order valence-electron chi connectivity index (χ3n) is 4.56. The zero-order chi connectivity index (χ0) is 22.1. The van der Waals surface area contributed by atoms with Gasteiger partial charge < -0.3 is 4.98 Å². The summed E-state index contributed by atoms with van der Waals surface area (Å²) in [5.41, 5.74) is 7.30. The second-order valence-corrected chi connectivity index (χ2v) is 6.38. The number of aromatic nitrogens is 5. The number of rotatable bonds is 7. The van der Waals surface area contributed by atoms with Crippen LogP contribution >= 0.6 is 0 Å². The molecule has 0 aliphatic rings. The molecule has 0 saturated carbocycles. The van der Waals surface area contributed by atoms with Crippen molar-refractivity contribution in [3.63, 3.8) is 0 Å². The third kappa shape index (κ3) is 4.92. The fourth-order valence-electron chi connectivity index (χ4n) is 2.94. The van der Waals surface area contributed by atoms with Crippen molar-refractivity contribution in [2.45, 2.75) is 41.0 Å². The number of nitrogens with zero attached hydrogens (tertiary/aromatic N) is 3.